The van der Waals surface area contributed by atoms with Gasteiger partial charge in [0.2, 0.25) is 11.2 Å². The minimum atomic E-state index is -0.386. The molecule has 0 unspecified atom stereocenters. The van der Waals surface area contributed by atoms with Crippen LogP contribution in [-0.2, 0) is 7.05 Å². The Kier molecular flexibility index (Phi) is 6.31. The van der Waals surface area contributed by atoms with Gasteiger partial charge < -0.3 is 17.1 Å². The maximum Gasteiger partial charge on any atom is 0.270 e. The van der Waals surface area contributed by atoms with Crippen LogP contribution in [-0.4, -0.2) is 11.5 Å². The average molecular weight is 371 g/mol. The number of rotatable bonds is 5. The summed E-state index contributed by atoms with van der Waals surface area (Å²) in [5.74, 6) is 0.856. The molecule has 0 amide bonds. The molecule has 134 valence electrons. The number of pyridine rings is 1. The van der Waals surface area contributed by atoms with Crippen LogP contribution >= 0.6 is 0 Å². The van der Waals surface area contributed by atoms with Crippen molar-refractivity contribution in [2.45, 2.75) is 6.92 Å². The van der Waals surface area contributed by atoms with Crippen molar-refractivity contribution in [3.8, 4) is 5.75 Å². The van der Waals surface area contributed by atoms with E-state index in [9.17, 15) is 10.1 Å². The highest BCUT2D eigenvalue weighted by atomic mass is 35.5. The molecule has 2 aromatic carbocycles. The molecule has 0 radical (unpaired) electrons. The van der Waals surface area contributed by atoms with E-state index < -0.39 is 0 Å². The van der Waals surface area contributed by atoms with E-state index in [0.29, 0.717) is 6.61 Å². The first kappa shape index (κ1) is 19.4. The molecule has 6 heteroatoms. The van der Waals surface area contributed by atoms with Gasteiger partial charge in [-0.05, 0) is 36.8 Å². The molecular formula is C20H19ClN2O3. The second kappa shape index (κ2) is 8.45. The Hall–Kier alpha value is -2.92. The summed E-state index contributed by atoms with van der Waals surface area (Å²) in [6.45, 7) is 2.60. The largest absolute Gasteiger partial charge is 1.00 e. The van der Waals surface area contributed by atoms with Crippen molar-refractivity contribution < 1.29 is 26.6 Å². The zero-order chi connectivity index (χ0) is 17.8. The average Bonchev–Trinajstić information content (AvgIpc) is 2.62. The van der Waals surface area contributed by atoms with Gasteiger partial charge in [-0.25, -0.2) is 0 Å². The maximum absolute atomic E-state index is 10.9. The molecule has 5 nitrogen and oxygen atoms in total. The van der Waals surface area contributed by atoms with E-state index in [1.165, 1.54) is 6.07 Å². The lowest BCUT2D eigenvalue weighted by atomic mass is 10.1. The molecule has 0 saturated heterocycles. The van der Waals surface area contributed by atoms with Crippen LogP contribution in [0.25, 0.3) is 23.1 Å². The molecule has 0 saturated carbocycles. The summed E-state index contributed by atoms with van der Waals surface area (Å²) in [4.78, 5) is 10.5. The van der Waals surface area contributed by atoms with Crippen molar-refractivity contribution in [1.82, 2.24) is 0 Å². The van der Waals surface area contributed by atoms with E-state index in [1.54, 1.807) is 12.1 Å². The number of aryl methyl sites for hydroxylation is 1. The molecule has 3 rings (SSSR count). The van der Waals surface area contributed by atoms with Crippen LogP contribution in [0.3, 0.4) is 0 Å². The lowest BCUT2D eigenvalue weighted by molar-refractivity contribution is -0.646. The third-order valence-corrected chi connectivity index (χ3v) is 4.02. The number of benzene rings is 2. The van der Waals surface area contributed by atoms with E-state index in [4.69, 9.17) is 4.74 Å². The van der Waals surface area contributed by atoms with Crippen LogP contribution in [0.15, 0.2) is 54.6 Å². The van der Waals surface area contributed by atoms with Crippen LogP contribution < -0.4 is 21.7 Å². The number of nitro benzene ring substituents is 1. The van der Waals surface area contributed by atoms with E-state index in [0.717, 1.165) is 27.9 Å². The number of aromatic nitrogens is 1. The molecule has 0 bridgehead atoms. The molecule has 1 aromatic heterocycles. The summed E-state index contributed by atoms with van der Waals surface area (Å²) >= 11 is 0. The molecule has 3 aromatic rings. The summed E-state index contributed by atoms with van der Waals surface area (Å²) in [6.07, 6.45) is 3.83. The Morgan fingerprint density at radius 2 is 1.92 bits per heavy atom. The summed E-state index contributed by atoms with van der Waals surface area (Å²) in [5, 5.41) is 12.0. The summed E-state index contributed by atoms with van der Waals surface area (Å²) in [7, 11) is 2.00. The van der Waals surface area contributed by atoms with Gasteiger partial charge >= 0.3 is 0 Å². The van der Waals surface area contributed by atoms with Crippen molar-refractivity contribution in [3.63, 3.8) is 0 Å². The molecule has 26 heavy (non-hydrogen) atoms. The highest BCUT2D eigenvalue weighted by Crippen LogP contribution is 2.20. The molecule has 0 N–H and O–H groups in total. The van der Waals surface area contributed by atoms with Gasteiger partial charge in [-0.2, -0.15) is 4.57 Å². The van der Waals surface area contributed by atoms with Gasteiger partial charge in [0.1, 0.15) is 12.8 Å². The third-order valence-electron chi connectivity index (χ3n) is 4.02. The number of hydrogen-bond donors (Lipinski definition) is 0. The molecular weight excluding hydrogens is 352 g/mol. The molecule has 0 aliphatic heterocycles. The van der Waals surface area contributed by atoms with Gasteiger partial charge in [-0.1, -0.05) is 12.1 Å². The van der Waals surface area contributed by atoms with Crippen molar-refractivity contribution in [3.05, 3.63) is 76.0 Å². The first-order valence-electron chi connectivity index (χ1n) is 8.06. The zero-order valence-electron chi connectivity index (χ0n) is 14.6. The normalized spacial score (nSPS) is 10.7. The molecule has 0 aliphatic carbocycles. The number of halogens is 1. The smallest absolute Gasteiger partial charge is 0.270 e. The monoisotopic (exact) mass is 370 g/mol. The molecule has 0 spiro atoms. The van der Waals surface area contributed by atoms with Crippen molar-refractivity contribution in [2.75, 3.05) is 6.61 Å². The summed E-state index contributed by atoms with van der Waals surface area (Å²) < 4.78 is 7.62. The van der Waals surface area contributed by atoms with Gasteiger partial charge in [0.05, 0.1) is 16.9 Å². The topological polar surface area (TPSA) is 56.3 Å². The van der Waals surface area contributed by atoms with Crippen LogP contribution in [0.2, 0.25) is 0 Å². The second-order valence-corrected chi connectivity index (χ2v) is 5.66. The van der Waals surface area contributed by atoms with Crippen molar-refractivity contribution in [2.24, 2.45) is 7.05 Å². The fourth-order valence-corrected chi connectivity index (χ4v) is 2.75. The Morgan fingerprint density at radius 3 is 2.65 bits per heavy atom. The Bertz CT molecular complexity index is 970. The molecule has 0 atom stereocenters. The molecule has 0 aliphatic rings. The minimum Gasteiger partial charge on any atom is -1.00 e. The highest BCUT2D eigenvalue weighted by Gasteiger charge is 2.10. The fourth-order valence-electron chi connectivity index (χ4n) is 2.75. The number of nitrogens with zero attached hydrogens (tertiary/aromatic N) is 2. The number of nitro groups is 1. The molecule has 1 heterocycles. The van der Waals surface area contributed by atoms with Crippen LogP contribution in [0.4, 0.5) is 5.69 Å². The minimum absolute atomic E-state index is 0. The number of non-ortho nitro benzene ring substituents is 1. The Labute approximate surface area is 158 Å². The number of ether oxygens (including phenoxy) is 1. The standard InChI is InChI=1S/C20H19N2O3.ClH/c1-3-25-19-11-12-20-16(14-19)8-10-17(21(20)2)9-7-15-5-4-6-18(13-15)22(23)24;/h4-14H,3H2,1-2H3;1H/q+1;/p-1/b9-7+;. The lowest BCUT2D eigenvalue weighted by Crippen LogP contribution is -3.00. The molecule has 0 fully saturated rings. The predicted molar refractivity (Wildman–Crippen MR) is 98.3 cm³/mol. The third kappa shape index (κ3) is 4.18. The first-order chi connectivity index (χ1) is 12.1. The Balaban J connectivity index is 0.00000243. The van der Waals surface area contributed by atoms with Crippen molar-refractivity contribution in [1.29, 1.82) is 0 Å². The van der Waals surface area contributed by atoms with E-state index in [2.05, 4.69) is 4.57 Å². The lowest BCUT2D eigenvalue weighted by Gasteiger charge is -2.04. The number of fused-ring (bicyclic) bond motifs is 1. The highest BCUT2D eigenvalue weighted by molar-refractivity contribution is 5.79. The van der Waals surface area contributed by atoms with Crippen LogP contribution in [0, 0.1) is 10.1 Å². The van der Waals surface area contributed by atoms with E-state index in [1.807, 2.05) is 62.5 Å². The maximum atomic E-state index is 10.9. The predicted octanol–water partition coefficient (Wildman–Crippen LogP) is 1.15. The van der Waals surface area contributed by atoms with Crippen LogP contribution in [0.5, 0.6) is 5.75 Å². The van der Waals surface area contributed by atoms with Gasteiger partial charge in [0.15, 0.2) is 0 Å². The second-order valence-electron chi connectivity index (χ2n) is 5.66. The summed E-state index contributed by atoms with van der Waals surface area (Å²) in [6, 6.07) is 16.7. The fraction of sp³-hybridized carbons (Fsp3) is 0.150. The quantitative estimate of drug-likeness (QED) is 0.384. The van der Waals surface area contributed by atoms with Gasteiger partial charge in [0.25, 0.3) is 5.69 Å². The van der Waals surface area contributed by atoms with Gasteiger partial charge in [-0.3, -0.25) is 10.1 Å². The van der Waals surface area contributed by atoms with Gasteiger partial charge in [0, 0.05) is 30.3 Å². The number of hydrogen-bond acceptors (Lipinski definition) is 3. The summed E-state index contributed by atoms with van der Waals surface area (Å²) in [5.41, 5.74) is 2.97. The van der Waals surface area contributed by atoms with E-state index in [-0.39, 0.29) is 23.0 Å². The van der Waals surface area contributed by atoms with Crippen LogP contribution in [0.1, 0.15) is 18.2 Å². The van der Waals surface area contributed by atoms with Gasteiger partial charge in [-0.15, -0.1) is 0 Å². The Morgan fingerprint density at radius 1 is 1.12 bits per heavy atom. The zero-order valence-corrected chi connectivity index (χ0v) is 15.3. The SMILES string of the molecule is CCOc1ccc2c(ccc(/C=C/c3cccc([N+](=O)[O-])c3)[n+]2C)c1.[Cl-]. The first-order valence-corrected chi connectivity index (χ1v) is 8.06. The van der Waals surface area contributed by atoms with E-state index >= 15 is 0 Å². The van der Waals surface area contributed by atoms with Crippen molar-refractivity contribution >= 4 is 28.7 Å².